The standard InChI is InChI=1S/C26H28BrN3O5S/c1-18-10-11-23(19(2)12-18)30(36(4,32)33)16-25(31)29-28-15-21-13-22(27)26(24(14-21)34-3)35-17-20-8-6-5-7-9-20/h5-15H,16-17H2,1-4H3,(H,29,31)/b28-15-. The fraction of sp³-hybridized carbons (Fsp3) is 0.231. The van der Waals surface area contributed by atoms with Gasteiger partial charge in [0, 0.05) is 0 Å². The predicted molar refractivity (Wildman–Crippen MR) is 145 cm³/mol. The number of amides is 1. The first kappa shape index (κ1) is 27.2. The SMILES string of the molecule is COc1cc(/C=N\NC(=O)CN(c2ccc(C)cc2C)S(C)(=O)=O)cc(Br)c1OCc1ccccc1. The fourth-order valence-corrected chi connectivity index (χ4v) is 4.98. The maximum absolute atomic E-state index is 12.5. The largest absolute Gasteiger partial charge is 0.493 e. The molecule has 1 N–H and O–H groups in total. The molecule has 1 amide bonds. The zero-order valence-corrected chi connectivity index (χ0v) is 22.9. The first-order valence-electron chi connectivity index (χ1n) is 11.0. The number of hydrazone groups is 1. The van der Waals surface area contributed by atoms with E-state index in [0.29, 0.717) is 33.8 Å². The maximum atomic E-state index is 12.5. The van der Waals surface area contributed by atoms with Crippen LogP contribution in [0, 0.1) is 13.8 Å². The van der Waals surface area contributed by atoms with E-state index < -0.39 is 22.5 Å². The Kier molecular flexibility index (Phi) is 9.11. The Morgan fingerprint density at radius 3 is 2.47 bits per heavy atom. The predicted octanol–water partition coefficient (Wildman–Crippen LogP) is 4.57. The normalized spacial score (nSPS) is 11.4. The van der Waals surface area contributed by atoms with Crippen molar-refractivity contribution in [3.63, 3.8) is 0 Å². The Labute approximate surface area is 220 Å². The minimum Gasteiger partial charge on any atom is -0.493 e. The number of nitrogens with one attached hydrogen (secondary N) is 1. The lowest BCUT2D eigenvalue weighted by Crippen LogP contribution is -2.39. The van der Waals surface area contributed by atoms with Crippen LogP contribution in [0.5, 0.6) is 11.5 Å². The number of aryl methyl sites for hydroxylation is 2. The summed E-state index contributed by atoms with van der Waals surface area (Å²) in [5, 5.41) is 3.98. The lowest BCUT2D eigenvalue weighted by atomic mass is 10.1. The van der Waals surface area contributed by atoms with E-state index in [9.17, 15) is 13.2 Å². The zero-order valence-electron chi connectivity index (χ0n) is 20.5. The number of ether oxygens (including phenoxy) is 2. The zero-order chi connectivity index (χ0) is 26.3. The Bertz CT molecular complexity index is 1360. The third-order valence-corrected chi connectivity index (χ3v) is 6.90. The summed E-state index contributed by atoms with van der Waals surface area (Å²) in [6.07, 6.45) is 2.50. The van der Waals surface area contributed by atoms with Gasteiger partial charge in [-0.05, 0) is 64.7 Å². The Hall–Kier alpha value is -3.37. The number of carbonyl (C=O) groups is 1. The molecule has 0 saturated carbocycles. The molecule has 0 bridgehead atoms. The van der Waals surface area contributed by atoms with E-state index in [1.165, 1.54) is 13.3 Å². The molecule has 0 aliphatic heterocycles. The van der Waals surface area contributed by atoms with Crippen LogP contribution in [0.3, 0.4) is 0 Å². The van der Waals surface area contributed by atoms with Crippen molar-refractivity contribution >= 4 is 43.8 Å². The summed E-state index contributed by atoms with van der Waals surface area (Å²) >= 11 is 3.50. The second-order valence-corrected chi connectivity index (χ2v) is 10.9. The summed E-state index contributed by atoms with van der Waals surface area (Å²) in [5.74, 6) is 0.455. The maximum Gasteiger partial charge on any atom is 0.260 e. The van der Waals surface area contributed by atoms with Crippen LogP contribution in [0.4, 0.5) is 5.69 Å². The molecule has 0 atom stereocenters. The van der Waals surface area contributed by atoms with Crippen LogP contribution in [-0.2, 0) is 21.4 Å². The lowest BCUT2D eigenvalue weighted by molar-refractivity contribution is -0.119. The number of benzene rings is 3. The molecule has 0 unspecified atom stereocenters. The first-order chi connectivity index (χ1) is 17.1. The summed E-state index contributed by atoms with van der Waals surface area (Å²) in [5.41, 5.74) is 6.24. The van der Waals surface area contributed by atoms with Crippen molar-refractivity contribution in [2.45, 2.75) is 20.5 Å². The van der Waals surface area contributed by atoms with Crippen molar-refractivity contribution in [3.05, 3.63) is 87.4 Å². The Balaban J connectivity index is 1.69. The van der Waals surface area contributed by atoms with Gasteiger partial charge in [-0.1, -0.05) is 48.0 Å². The molecule has 3 rings (SSSR count). The topological polar surface area (TPSA) is 97.3 Å². The van der Waals surface area contributed by atoms with E-state index in [-0.39, 0.29) is 0 Å². The number of sulfonamides is 1. The molecule has 0 aromatic heterocycles. The van der Waals surface area contributed by atoms with E-state index >= 15 is 0 Å². The summed E-state index contributed by atoms with van der Waals surface area (Å²) in [7, 11) is -2.15. The summed E-state index contributed by atoms with van der Waals surface area (Å²) < 4.78 is 37.8. The highest BCUT2D eigenvalue weighted by Crippen LogP contribution is 2.36. The molecule has 0 fully saturated rings. The second-order valence-electron chi connectivity index (χ2n) is 8.16. The molecule has 3 aromatic carbocycles. The summed E-state index contributed by atoms with van der Waals surface area (Å²) in [4.78, 5) is 12.5. The minimum absolute atomic E-state index is 0.372. The molecule has 0 aliphatic rings. The summed E-state index contributed by atoms with van der Waals surface area (Å²) in [6, 6.07) is 18.6. The number of anilines is 1. The molecule has 8 nitrogen and oxygen atoms in total. The number of methoxy groups -OCH3 is 1. The molecule has 0 radical (unpaired) electrons. The van der Waals surface area contributed by atoms with Crippen LogP contribution >= 0.6 is 15.9 Å². The van der Waals surface area contributed by atoms with Crippen LogP contribution in [-0.4, -0.2) is 40.4 Å². The quantitative estimate of drug-likeness (QED) is 0.283. The van der Waals surface area contributed by atoms with Crippen LogP contribution in [0.25, 0.3) is 0 Å². The van der Waals surface area contributed by atoms with Gasteiger partial charge in [-0.3, -0.25) is 9.10 Å². The molecule has 0 spiro atoms. The van der Waals surface area contributed by atoms with Crippen LogP contribution in [0.15, 0.2) is 70.2 Å². The Morgan fingerprint density at radius 2 is 1.83 bits per heavy atom. The van der Waals surface area contributed by atoms with Crippen LogP contribution in [0.2, 0.25) is 0 Å². The molecule has 3 aromatic rings. The van der Waals surface area contributed by atoms with Gasteiger partial charge in [0.05, 0.1) is 29.7 Å². The van der Waals surface area contributed by atoms with Crippen molar-refractivity contribution in [3.8, 4) is 11.5 Å². The van der Waals surface area contributed by atoms with Crippen molar-refractivity contribution in [2.75, 3.05) is 24.2 Å². The Morgan fingerprint density at radius 1 is 1.11 bits per heavy atom. The van der Waals surface area contributed by atoms with Crippen LogP contribution in [0.1, 0.15) is 22.3 Å². The summed E-state index contributed by atoms with van der Waals surface area (Å²) in [6.45, 7) is 3.68. The van der Waals surface area contributed by atoms with Crippen molar-refractivity contribution in [1.82, 2.24) is 5.43 Å². The monoisotopic (exact) mass is 573 g/mol. The molecular formula is C26H28BrN3O5S. The van der Waals surface area contributed by atoms with E-state index in [2.05, 4.69) is 26.5 Å². The molecular weight excluding hydrogens is 546 g/mol. The number of halogens is 1. The highest BCUT2D eigenvalue weighted by Gasteiger charge is 2.22. The molecule has 0 heterocycles. The highest BCUT2D eigenvalue weighted by atomic mass is 79.9. The van der Waals surface area contributed by atoms with Crippen LogP contribution < -0.4 is 19.2 Å². The fourth-order valence-electron chi connectivity index (χ4n) is 3.50. The average molecular weight is 574 g/mol. The smallest absolute Gasteiger partial charge is 0.260 e. The van der Waals surface area contributed by atoms with Gasteiger partial charge < -0.3 is 9.47 Å². The van der Waals surface area contributed by atoms with Gasteiger partial charge in [0.25, 0.3) is 5.91 Å². The number of hydrogen-bond donors (Lipinski definition) is 1. The third kappa shape index (κ3) is 7.32. The second kappa shape index (κ2) is 12.0. The van der Waals surface area contributed by atoms with Gasteiger partial charge >= 0.3 is 0 Å². The molecule has 10 heteroatoms. The number of nitrogens with zero attached hydrogens (tertiary/aromatic N) is 2. The van der Waals surface area contributed by atoms with Crippen molar-refractivity contribution in [2.24, 2.45) is 5.10 Å². The molecule has 0 saturated heterocycles. The van der Waals surface area contributed by atoms with E-state index in [1.54, 1.807) is 31.2 Å². The highest BCUT2D eigenvalue weighted by molar-refractivity contribution is 9.10. The number of rotatable bonds is 10. The lowest BCUT2D eigenvalue weighted by Gasteiger charge is -2.23. The molecule has 190 valence electrons. The first-order valence-corrected chi connectivity index (χ1v) is 13.6. The third-order valence-electron chi connectivity index (χ3n) is 5.19. The van der Waals surface area contributed by atoms with Gasteiger partial charge in [-0.15, -0.1) is 0 Å². The van der Waals surface area contributed by atoms with Crippen molar-refractivity contribution in [1.29, 1.82) is 0 Å². The average Bonchev–Trinajstić information content (AvgIpc) is 2.82. The van der Waals surface area contributed by atoms with Gasteiger partial charge in [-0.25, -0.2) is 13.8 Å². The number of hydrogen-bond acceptors (Lipinski definition) is 6. The van der Waals surface area contributed by atoms with Crippen molar-refractivity contribution < 1.29 is 22.7 Å². The number of carbonyl (C=O) groups excluding carboxylic acids is 1. The van der Waals surface area contributed by atoms with Gasteiger partial charge in [0.1, 0.15) is 13.2 Å². The molecule has 0 aliphatic carbocycles. The van der Waals surface area contributed by atoms with E-state index in [4.69, 9.17) is 9.47 Å². The van der Waals surface area contributed by atoms with E-state index in [1.807, 2.05) is 43.3 Å². The minimum atomic E-state index is -3.69. The van der Waals surface area contributed by atoms with Gasteiger partial charge in [-0.2, -0.15) is 5.10 Å². The van der Waals surface area contributed by atoms with Gasteiger partial charge in [0.2, 0.25) is 10.0 Å². The van der Waals surface area contributed by atoms with E-state index in [0.717, 1.165) is 27.3 Å². The van der Waals surface area contributed by atoms with Gasteiger partial charge in [0.15, 0.2) is 11.5 Å². The molecule has 36 heavy (non-hydrogen) atoms.